The first-order valence-corrected chi connectivity index (χ1v) is 5.58. The highest BCUT2D eigenvalue weighted by Crippen LogP contribution is 2.25. The van der Waals surface area contributed by atoms with E-state index in [4.69, 9.17) is 4.74 Å². The number of methoxy groups -OCH3 is 1. The molecule has 0 bridgehead atoms. The third-order valence-corrected chi connectivity index (χ3v) is 2.71. The van der Waals surface area contributed by atoms with Gasteiger partial charge in [0, 0.05) is 31.0 Å². The van der Waals surface area contributed by atoms with Crippen LogP contribution in [0.1, 0.15) is 5.56 Å². The Morgan fingerprint density at radius 2 is 2.11 bits per heavy atom. The van der Waals surface area contributed by atoms with Crippen molar-refractivity contribution in [3.8, 4) is 11.1 Å². The molecule has 98 valence electrons. The van der Waals surface area contributed by atoms with Gasteiger partial charge < -0.3 is 9.72 Å². The van der Waals surface area contributed by atoms with E-state index in [0.717, 1.165) is 0 Å². The van der Waals surface area contributed by atoms with Crippen LogP contribution >= 0.6 is 0 Å². The molecule has 6 heteroatoms. The SMILES string of the molecule is COCc1cc([N+](=O)[O-])ccc1-c1ccc[nH]c1=O. The van der Waals surface area contributed by atoms with E-state index in [-0.39, 0.29) is 17.9 Å². The Hall–Kier alpha value is -2.47. The lowest BCUT2D eigenvalue weighted by molar-refractivity contribution is -0.384. The lowest BCUT2D eigenvalue weighted by Gasteiger charge is -2.08. The number of nitrogens with one attached hydrogen (secondary N) is 1. The standard InChI is InChI=1S/C13H12N2O4/c1-19-8-9-7-10(15(17)18)4-5-11(9)12-3-2-6-14-13(12)16/h2-7H,8H2,1H3,(H,14,16). The number of ether oxygens (including phenoxy) is 1. The number of non-ortho nitro benzene ring substituents is 1. The van der Waals surface area contributed by atoms with Gasteiger partial charge >= 0.3 is 0 Å². The smallest absolute Gasteiger partial charge is 0.269 e. The molecular formula is C13H12N2O4. The zero-order valence-electron chi connectivity index (χ0n) is 10.3. The predicted octanol–water partition coefficient (Wildman–Crippen LogP) is 2.10. The van der Waals surface area contributed by atoms with Crippen molar-refractivity contribution in [2.24, 2.45) is 0 Å². The fraction of sp³-hybridized carbons (Fsp3) is 0.154. The number of aromatic amines is 1. The number of H-pyrrole nitrogens is 1. The molecule has 19 heavy (non-hydrogen) atoms. The number of benzene rings is 1. The minimum Gasteiger partial charge on any atom is -0.380 e. The van der Waals surface area contributed by atoms with Gasteiger partial charge in [-0.3, -0.25) is 14.9 Å². The number of nitrogens with zero attached hydrogens (tertiary/aromatic N) is 1. The van der Waals surface area contributed by atoms with Crippen LogP contribution in [0.2, 0.25) is 0 Å². The van der Waals surface area contributed by atoms with Crippen LogP contribution in [0, 0.1) is 10.1 Å². The summed E-state index contributed by atoms with van der Waals surface area (Å²) in [7, 11) is 1.50. The van der Waals surface area contributed by atoms with Gasteiger partial charge in [-0.25, -0.2) is 0 Å². The number of nitro groups is 1. The van der Waals surface area contributed by atoms with Gasteiger partial charge in [0.05, 0.1) is 11.5 Å². The summed E-state index contributed by atoms with van der Waals surface area (Å²) in [6.45, 7) is 0.200. The maximum Gasteiger partial charge on any atom is 0.269 e. The van der Waals surface area contributed by atoms with Gasteiger partial charge in [-0.2, -0.15) is 0 Å². The first kappa shape index (κ1) is 13.0. The van der Waals surface area contributed by atoms with Gasteiger partial charge in [0.1, 0.15) is 0 Å². The van der Waals surface area contributed by atoms with Gasteiger partial charge in [-0.05, 0) is 29.3 Å². The molecule has 2 aromatic rings. The van der Waals surface area contributed by atoms with Crippen molar-refractivity contribution in [3.05, 3.63) is 62.6 Å². The fourth-order valence-electron chi connectivity index (χ4n) is 1.87. The van der Waals surface area contributed by atoms with Crippen molar-refractivity contribution in [1.82, 2.24) is 4.98 Å². The molecule has 0 fully saturated rings. The highest BCUT2D eigenvalue weighted by Gasteiger charge is 2.13. The average Bonchev–Trinajstić information content (AvgIpc) is 2.40. The van der Waals surface area contributed by atoms with Gasteiger partial charge in [0.15, 0.2) is 0 Å². The molecule has 1 aromatic heterocycles. The van der Waals surface area contributed by atoms with Crippen molar-refractivity contribution in [2.75, 3.05) is 7.11 Å². The Morgan fingerprint density at radius 1 is 1.32 bits per heavy atom. The van der Waals surface area contributed by atoms with Crippen molar-refractivity contribution in [1.29, 1.82) is 0 Å². The summed E-state index contributed by atoms with van der Waals surface area (Å²) < 4.78 is 5.03. The summed E-state index contributed by atoms with van der Waals surface area (Å²) in [5.74, 6) is 0. The van der Waals surface area contributed by atoms with Crippen molar-refractivity contribution in [2.45, 2.75) is 6.61 Å². The topological polar surface area (TPSA) is 85.2 Å². The van der Waals surface area contributed by atoms with E-state index in [9.17, 15) is 14.9 Å². The fourth-order valence-corrected chi connectivity index (χ4v) is 1.87. The molecule has 0 spiro atoms. The first-order chi connectivity index (χ1) is 9.13. The van der Waals surface area contributed by atoms with Crippen LogP contribution < -0.4 is 5.56 Å². The van der Waals surface area contributed by atoms with Crippen LogP contribution in [0.15, 0.2) is 41.3 Å². The number of rotatable bonds is 4. The van der Waals surface area contributed by atoms with E-state index in [1.807, 2.05) is 0 Å². The Labute approximate surface area is 108 Å². The van der Waals surface area contributed by atoms with Crippen LogP contribution in [-0.4, -0.2) is 17.0 Å². The monoisotopic (exact) mass is 260 g/mol. The zero-order valence-corrected chi connectivity index (χ0v) is 10.3. The third-order valence-electron chi connectivity index (χ3n) is 2.71. The molecular weight excluding hydrogens is 248 g/mol. The van der Waals surface area contributed by atoms with E-state index in [1.165, 1.54) is 25.4 Å². The largest absolute Gasteiger partial charge is 0.380 e. The minimum absolute atomic E-state index is 0.0249. The quantitative estimate of drug-likeness (QED) is 0.673. The summed E-state index contributed by atoms with van der Waals surface area (Å²) >= 11 is 0. The van der Waals surface area contributed by atoms with Gasteiger partial charge in [-0.15, -0.1) is 0 Å². The number of aromatic nitrogens is 1. The van der Waals surface area contributed by atoms with E-state index in [1.54, 1.807) is 18.2 Å². The van der Waals surface area contributed by atoms with E-state index in [0.29, 0.717) is 16.7 Å². The number of nitro benzene ring substituents is 1. The van der Waals surface area contributed by atoms with Gasteiger partial charge in [-0.1, -0.05) is 0 Å². The maximum absolute atomic E-state index is 11.8. The van der Waals surface area contributed by atoms with Crippen molar-refractivity contribution in [3.63, 3.8) is 0 Å². The molecule has 0 aliphatic rings. The summed E-state index contributed by atoms with van der Waals surface area (Å²) in [6.07, 6.45) is 1.53. The van der Waals surface area contributed by atoms with Crippen molar-refractivity contribution >= 4 is 5.69 Å². The molecule has 0 amide bonds. The van der Waals surface area contributed by atoms with Gasteiger partial charge in [0.25, 0.3) is 11.2 Å². The lowest BCUT2D eigenvalue weighted by atomic mass is 10.0. The molecule has 2 rings (SSSR count). The van der Waals surface area contributed by atoms with E-state index < -0.39 is 4.92 Å². The van der Waals surface area contributed by atoms with Crippen molar-refractivity contribution < 1.29 is 9.66 Å². The normalized spacial score (nSPS) is 10.4. The molecule has 1 aromatic carbocycles. The zero-order chi connectivity index (χ0) is 13.8. The number of hydrogen-bond acceptors (Lipinski definition) is 4. The maximum atomic E-state index is 11.8. The second-order valence-corrected chi connectivity index (χ2v) is 3.94. The highest BCUT2D eigenvalue weighted by atomic mass is 16.6. The summed E-state index contributed by atoms with van der Waals surface area (Å²) in [5.41, 5.74) is 1.43. The molecule has 0 unspecified atom stereocenters. The Bertz CT molecular complexity index is 664. The Kier molecular flexibility index (Phi) is 3.72. The summed E-state index contributed by atoms with van der Waals surface area (Å²) in [4.78, 5) is 24.6. The molecule has 0 aliphatic carbocycles. The van der Waals surface area contributed by atoms with E-state index >= 15 is 0 Å². The van der Waals surface area contributed by atoms with Crippen LogP contribution in [0.4, 0.5) is 5.69 Å². The summed E-state index contributed by atoms with van der Waals surface area (Å²) in [6, 6.07) is 7.73. The van der Waals surface area contributed by atoms with Crippen LogP contribution in [-0.2, 0) is 11.3 Å². The molecule has 0 saturated carbocycles. The van der Waals surface area contributed by atoms with E-state index in [2.05, 4.69) is 4.98 Å². The van der Waals surface area contributed by atoms with Gasteiger partial charge in [0.2, 0.25) is 0 Å². The number of pyridine rings is 1. The Balaban J connectivity index is 2.60. The summed E-state index contributed by atoms with van der Waals surface area (Å²) in [5, 5.41) is 10.8. The first-order valence-electron chi connectivity index (χ1n) is 5.58. The van der Waals surface area contributed by atoms with Crippen LogP contribution in [0.25, 0.3) is 11.1 Å². The van der Waals surface area contributed by atoms with Crippen LogP contribution in [0.3, 0.4) is 0 Å². The van der Waals surface area contributed by atoms with Crippen LogP contribution in [0.5, 0.6) is 0 Å². The molecule has 0 atom stereocenters. The average molecular weight is 260 g/mol. The Morgan fingerprint density at radius 3 is 2.74 bits per heavy atom. The molecule has 1 N–H and O–H groups in total. The molecule has 0 saturated heterocycles. The molecule has 1 heterocycles. The third kappa shape index (κ3) is 2.69. The predicted molar refractivity (Wildman–Crippen MR) is 69.9 cm³/mol. The highest BCUT2D eigenvalue weighted by molar-refractivity contribution is 5.68. The lowest BCUT2D eigenvalue weighted by Crippen LogP contribution is -2.08. The molecule has 0 radical (unpaired) electrons. The second kappa shape index (κ2) is 5.45. The second-order valence-electron chi connectivity index (χ2n) is 3.94. The molecule has 0 aliphatic heterocycles. The number of hydrogen-bond donors (Lipinski definition) is 1. The minimum atomic E-state index is -0.474. The molecule has 6 nitrogen and oxygen atoms in total.